The zero-order chi connectivity index (χ0) is 14.5. The summed E-state index contributed by atoms with van der Waals surface area (Å²) in [5, 5.41) is 7.44. The normalized spacial score (nSPS) is 15.7. The molecule has 0 aliphatic heterocycles. The molecule has 21 heavy (non-hydrogen) atoms. The topological polar surface area (TPSA) is 68.2 Å². The summed E-state index contributed by atoms with van der Waals surface area (Å²) < 4.78 is 1.84. The van der Waals surface area contributed by atoms with Crippen molar-refractivity contribution in [3.8, 4) is 5.69 Å². The number of hydrogen-bond donors (Lipinski definition) is 2. The average molecular weight is 283 g/mol. The molecule has 1 fully saturated rings. The average Bonchev–Trinajstić information content (AvgIpc) is 2.98. The molecule has 0 amide bonds. The lowest BCUT2D eigenvalue weighted by molar-refractivity contribution is 0.315. The van der Waals surface area contributed by atoms with E-state index in [1.165, 1.54) is 19.3 Å². The van der Waals surface area contributed by atoms with Crippen molar-refractivity contribution in [1.82, 2.24) is 15.1 Å². The minimum Gasteiger partial charge on any atom is -0.370 e. The maximum absolute atomic E-state index is 5.90. The molecular weight excluding hydrogens is 262 g/mol. The van der Waals surface area contributed by atoms with Gasteiger partial charge in [0.15, 0.2) is 5.96 Å². The highest BCUT2D eigenvalue weighted by atomic mass is 15.3. The quantitative estimate of drug-likeness (QED) is 0.652. The summed E-state index contributed by atoms with van der Waals surface area (Å²) in [6.07, 6.45) is 7.67. The number of aliphatic imine (C=N–C) groups is 1. The van der Waals surface area contributed by atoms with Crippen molar-refractivity contribution in [2.45, 2.75) is 25.8 Å². The largest absolute Gasteiger partial charge is 0.370 e. The van der Waals surface area contributed by atoms with Gasteiger partial charge in [-0.25, -0.2) is 9.67 Å². The molecule has 1 aromatic carbocycles. The Hall–Kier alpha value is -2.30. The third kappa shape index (κ3) is 3.62. The summed E-state index contributed by atoms with van der Waals surface area (Å²) in [7, 11) is 0. The molecule has 1 aliphatic carbocycles. The van der Waals surface area contributed by atoms with E-state index < -0.39 is 0 Å². The Labute approximate surface area is 124 Å². The summed E-state index contributed by atoms with van der Waals surface area (Å²) in [5.41, 5.74) is 8.06. The second-order valence-electron chi connectivity index (χ2n) is 5.50. The summed E-state index contributed by atoms with van der Waals surface area (Å²) in [6.45, 7) is 1.53. The van der Waals surface area contributed by atoms with Crippen molar-refractivity contribution in [3.63, 3.8) is 0 Å². The fourth-order valence-electron chi connectivity index (χ4n) is 2.40. The van der Waals surface area contributed by atoms with Crippen molar-refractivity contribution in [2.75, 3.05) is 6.54 Å². The van der Waals surface area contributed by atoms with Crippen LogP contribution in [0.4, 0.5) is 0 Å². The van der Waals surface area contributed by atoms with Crippen molar-refractivity contribution >= 4 is 5.96 Å². The minimum atomic E-state index is 0.534. The van der Waals surface area contributed by atoms with Crippen LogP contribution in [0.2, 0.25) is 0 Å². The van der Waals surface area contributed by atoms with Crippen molar-refractivity contribution in [3.05, 3.63) is 48.3 Å². The Morgan fingerprint density at radius 2 is 2.29 bits per heavy atom. The number of aromatic nitrogens is 2. The molecular formula is C16H21N5. The molecule has 5 heteroatoms. The van der Waals surface area contributed by atoms with Crippen LogP contribution in [0.15, 0.2) is 47.7 Å². The van der Waals surface area contributed by atoms with E-state index in [4.69, 9.17) is 5.73 Å². The number of nitrogens with zero attached hydrogens (tertiary/aromatic N) is 3. The number of nitrogens with one attached hydrogen (secondary N) is 1. The molecule has 3 rings (SSSR count). The Morgan fingerprint density at radius 1 is 1.38 bits per heavy atom. The standard InChI is InChI=1S/C16H21N5/c17-16(18-11-13-4-1-5-13)19-12-14-6-2-7-15(10-14)21-9-3-8-20-21/h2-3,6-10,13H,1,4-5,11-12H2,(H3,17,18,19). The van der Waals surface area contributed by atoms with Gasteiger partial charge in [0, 0.05) is 18.9 Å². The van der Waals surface area contributed by atoms with Gasteiger partial charge in [-0.15, -0.1) is 0 Å². The fraction of sp³-hybridized carbons (Fsp3) is 0.375. The minimum absolute atomic E-state index is 0.534. The maximum atomic E-state index is 5.90. The SMILES string of the molecule is NC(=NCc1cccc(-n2cccn2)c1)NCC1CCC1. The molecule has 0 spiro atoms. The van der Waals surface area contributed by atoms with Crippen LogP contribution in [0, 0.1) is 5.92 Å². The second kappa shape index (κ2) is 6.43. The Morgan fingerprint density at radius 3 is 3.00 bits per heavy atom. The first-order chi connectivity index (χ1) is 10.3. The first kappa shape index (κ1) is 13.7. The summed E-state index contributed by atoms with van der Waals surface area (Å²) in [5.74, 6) is 1.31. The van der Waals surface area contributed by atoms with Crippen LogP contribution in [0.25, 0.3) is 5.69 Å². The van der Waals surface area contributed by atoms with Crippen LogP contribution in [0.5, 0.6) is 0 Å². The predicted molar refractivity (Wildman–Crippen MR) is 84.2 cm³/mol. The number of hydrogen-bond acceptors (Lipinski definition) is 2. The van der Waals surface area contributed by atoms with Gasteiger partial charge < -0.3 is 11.1 Å². The van der Waals surface area contributed by atoms with Crippen LogP contribution in [-0.4, -0.2) is 22.3 Å². The highest BCUT2D eigenvalue weighted by Gasteiger charge is 2.16. The fourth-order valence-corrected chi connectivity index (χ4v) is 2.40. The third-order valence-electron chi connectivity index (χ3n) is 3.91. The van der Waals surface area contributed by atoms with Gasteiger partial charge in [0.1, 0.15) is 0 Å². The van der Waals surface area contributed by atoms with Crippen LogP contribution < -0.4 is 11.1 Å². The molecule has 5 nitrogen and oxygen atoms in total. The van der Waals surface area contributed by atoms with Gasteiger partial charge in [-0.1, -0.05) is 18.6 Å². The number of benzene rings is 1. The Balaban J connectivity index is 1.58. The predicted octanol–water partition coefficient (Wildman–Crippen LogP) is 2.08. The first-order valence-corrected chi connectivity index (χ1v) is 7.44. The molecule has 110 valence electrons. The van der Waals surface area contributed by atoms with E-state index in [1.54, 1.807) is 6.20 Å². The van der Waals surface area contributed by atoms with Gasteiger partial charge >= 0.3 is 0 Å². The summed E-state index contributed by atoms with van der Waals surface area (Å²) in [6, 6.07) is 10.1. The van der Waals surface area contributed by atoms with Crippen LogP contribution in [0.3, 0.4) is 0 Å². The lowest BCUT2D eigenvalue weighted by atomic mass is 9.85. The molecule has 1 aromatic heterocycles. The lowest BCUT2D eigenvalue weighted by Gasteiger charge is -2.25. The smallest absolute Gasteiger partial charge is 0.188 e. The van der Waals surface area contributed by atoms with Gasteiger partial charge in [-0.2, -0.15) is 5.10 Å². The van der Waals surface area contributed by atoms with Gasteiger partial charge in [-0.3, -0.25) is 0 Å². The van der Waals surface area contributed by atoms with E-state index in [9.17, 15) is 0 Å². The van der Waals surface area contributed by atoms with Crippen LogP contribution >= 0.6 is 0 Å². The Bertz CT molecular complexity index is 599. The second-order valence-corrected chi connectivity index (χ2v) is 5.50. The molecule has 0 radical (unpaired) electrons. The molecule has 2 aromatic rings. The third-order valence-corrected chi connectivity index (χ3v) is 3.91. The van der Waals surface area contributed by atoms with Gasteiger partial charge in [0.25, 0.3) is 0 Å². The molecule has 0 atom stereocenters. The van der Waals surface area contributed by atoms with E-state index >= 15 is 0 Å². The highest BCUT2D eigenvalue weighted by molar-refractivity contribution is 5.77. The van der Waals surface area contributed by atoms with Gasteiger partial charge in [0.05, 0.1) is 12.2 Å². The number of nitrogens with two attached hydrogens (primary N) is 1. The maximum Gasteiger partial charge on any atom is 0.188 e. The monoisotopic (exact) mass is 283 g/mol. The Kier molecular flexibility index (Phi) is 4.19. The molecule has 1 aliphatic rings. The number of guanidine groups is 1. The molecule has 3 N–H and O–H groups in total. The molecule has 0 unspecified atom stereocenters. The number of rotatable bonds is 5. The summed E-state index contributed by atoms with van der Waals surface area (Å²) >= 11 is 0. The van der Waals surface area contributed by atoms with E-state index in [0.29, 0.717) is 12.5 Å². The van der Waals surface area contributed by atoms with E-state index in [-0.39, 0.29) is 0 Å². The molecule has 1 saturated carbocycles. The van der Waals surface area contributed by atoms with E-state index in [1.807, 2.05) is 29.1 Å². The molecule has 0 bridgehead atoms. The summed E-state index contributed by atoms with van der Waals surface area (Å²) in [4.78, 5) is 4.40. The van der Waals surface area contributed by atoms with Crippen LogP contribution in [0.1, 0.15) is 24.8 Å². The van der Waals surface area contributed by atoms with E-state index in [2.05, 4.69) is 27.5 Å². The van der Waals surface area contributed by atoms with Gasteiger partial charge in [0.2, 0.25) is 0 Å². The van der Waals surface area contributed by atoms with Crippen LogP contribution in [-0.2, 0) is 6.54 Å². The van der Waals surface area contributed by atoms with Gasteiger partial charge in [-0.05, 0) is 42.5 Å². The molecule has 1 heterocycles. The van der Waals surface area contributed by atoms with E-state index in [0.717, 1.165) is 23.7 Å². The highest BCUT2D eigenvalue weighted by Crippen LogP contribution is 2.24. The van der Waals surface area contributed by atoms with Crippen molar-refractivity contribution in [1.29, 1.82) is 0 Å². The zero-order valence-corrected chi connectivity index (χ0v) is 12.1. The zero-order valence-electron chi connectivity index (χ0n) is 12.1. The van der Waals surface area contributed by atoms with Crippen molar-refractivity contribution < 1.29 is 0 Å². The lowest BCUT2D eigenvalue weighted by Crippen LogP contribution is -2.37. The molecule has 0 saturated heterocycles. The first-order valence-electron chi connectivity index (χ1n) is 7.44. The van der Waals surface area contributed by atoms with Crippen molar-refractivity contribution in [2.24, 2.45) is 16.6 Å².